The lowest BCUT2D eigenvalue weighted by Crippen LogP contribution is -2.43. The summed E-state index contributed by atoms with van der Waals surface area (Å²) in [7, 11) is 0. The Bertz CT molecular complexity index is 762. The largest absolute Gasteiger partial charge is 0.416 e. The van der Waals surface area contributed by atoms with Crippen LogP contribution >= 0.6 is 0 Å². The Morgan fingerprint density at radius 2 is 1.81 bits per heavy atom. The zero-order chi connectivity index (χ0) is 21.8. The molecule has 31 heavy (non-hydrogen) atoms. The molecule has 4 rings (SSSR count). The fraction of sp³-hybridized carbons (Fsp3) is 0.682. The van der Waals surface area contributed by atoms with Gasteiger partial charge in [0, 0.05) is 25.7 Å². The Hall–Kier alpha value is -1.84. The van der Waals surface area contributed by atoms with E-state index in [9.17, 15) is 18.0 Å². The highest BCUT2D eigenvalue weighted by Crippen LogP contribution is 2.36. The molecule has 3 heterocycles. The minimum absolute atomic E-state index is 0.206. The number of benzene rings is 1. The van der Waals surface area contributed by atoms with Gasteiger partial charge in [-0.1, -0.05) is 0 Å². The van der Waals surface area contributed by atoms with Crippen molar-refractivity contribution >= 4 is 17.3 Å². The summed E-state index contributed by atoms with van der Waals surface area (Å²) in [6.07, 6.45) is 0.111. The SMILES string of the molecule is O=C(CN1CCCC1CN1CCCC1)Nc1cc(C(F)(F)F)ccc1N1CCOCC1. The maximum atomic E-state index is 13.3. The zero-order valence-corrected chi connectivity index (χ0v) is 17.8. The first-order valence-corrected chi connectivity index (χ1v) is 11.2. The van der Waals surface area contributed by atoms with E-state index in [0.717, 1.165) is 51.2 Å². The molecule has 1 amide bonds. The van der Waals surface area contributed by atoms with Gasteiger partial charge in [0.05, 0.1) is 36.7 Å². The third kappa shape index (κ3) is 5.70. The molecule has 0 bridgehead atoms. The summed E-state index contributed by atoms with van der Waals surface area (Å²) in [5.74, 6) is -0.262. The number of morpholine rings is 1. The van der Waals surface area contributed by atoms with Crippen LogP contribution in [0.2, 0.25) is 0 Å². The maximum Gasteiger partial charge on any atom is 0.416 e. The molecule has 172 valence electrons. The lowest BCUT2D eigenvalue weighted by atomic mass is 10.1. The Kier molecular flexibility index (Phi) is 7.03. The van der Waals surface area contributed by atoms with Crippen LogP contribution in [0.25, 0.3) is 0 Å². The Labute approximate surface area is 181 Å². The van der Waals surface area contributed by atoms with Gasteiger partial charge in [-0.3, -0.25) is 9.69 Å². The van der Waals surface area contributed by atoms with Crippen LogP contribution in [0.15, 0.2) is 18.2 Å². The van der Waals surface area contributed by atoms with Crippen molar-refractivity contribution in [2.45, 2.75) is 37.9 Å². The van der Waals surface area contributed by atoms with Crippen LogP contribution in [-0.4, -0.2) is 80.8 Å². The number of anilines is 2. The van der Waals surface area contributed by atoms with Gasteiger partial charge in [0.15, 0.2) is 0 Å². The predicted molar refractivity (Wildman–Crippen MR) is 113 cm³/mol. The van der Waals surface area contributed by atoms with Gasteiger partial charge in [-0.05, 0) is 63.5 Å². The molecule has 6 nitrogen and oxygen atoms in total. The number of carbonyl (C=O) groups is 1. The highest BCUT2D eigenvalue weighted by atomic mass is 19.4. The summed E-state index contributed by atoms with van der Waals surface area (Å²) in [6, 6.07) is 3.92. The van der Waals surface area contributed by atoms with Crippen molar-refractivity contribution in [3.63, 3.8) is 0 Å². The van der Waals surface area contributed by atoms with Crippen LogP contribution in [0.5, 0.6) is 0 Å². The molecule has 0 spiro atoms. The summed E-state index contributed by atoms with van der Waals surface area (Å²) < 4.78 is 45.2. The van der Waals surface area contributed by atoms with Crippen LogP contribution in [0, 0.1) is 0 Å². The van der Waals surface area contributed by atoms with E-state index >= 15 is 0 Å². The van der Waals surface area contributed by atoms with E-state index in [2.05, 4.69) is 15.1 Å². The van der Waals surface area contributed by atoms with E-state index < -0.39 is 11.7 Å². The van der Waals surface area contributed by atoms with Gasteiger partial charge in [0.1, 0.15) is 0 Å². The number of nitrogens with one attached hydrogen (secondary N) is 1. The number of amides is 1. The molecule has 0 aliphatic carbocycles. The third-order valence-corrected chi connectivity index (χ3v) is 6.46. The lowest BCUT2D eigenvalue weighted by molar-refractivity contribution is -0.137. The molecule has 3 aliphatic heterocycles. The molecule has 0 aromatic heterocycles. The number of rotatable bonds is 6. The molecule has 3 fully saturated rings. The Morgan fingerprint density at radius 1 is 1.06 bits per heavy atom. The van der Waals surface area contributed by atoms with Crippen LogP contribution < -0.4 is 10.2 Å². The second-order valence-corrected chi connectivity index (χ2v) is 8.65. The van der Waals surface area contributed by atoms with Gasteiger partial charge in [-0.15, -0.1) is 0 Å². The monoisotopic (exact) mass is 440 g/mol. The second kappa shape index (κ2) is 9.75. The van der Waals surface area contributed by atoms with E-state index in [4.69, 9.17) is 4.74 Å². The standard InChI is InChI=1S/C22H31F3N4O2/c23-22(24,25)17-5-6-20(28-10-12-31-13-11-28)19(14-17)26-21(30)16-29-9-3-4-18(29)15-27-7-1-2-8-27/h5-6,14,18H,1-4,7-13,15-16H2,(H,26,30). The number of hydrogen-bond donors (Lipinski definition) is 1. The number of likely N-dealkylation sites (tertiary alicyclic amines) is 2. The van der Waals surface area contributed by atoms with Crippen LogP contribution in [0.4, 0.5) is 24.5 Å². The number of ether oxygens (including phenoxy) is 1. The first kappa shape index (κ1) is 22.4. The van der Waals surface area contributed by atoms with Crippen molar-refractivity contribution in [2.24, 2.45) is 0 Å². The molecule has 3 aliphatic rings. The van der Waals surface area contributed by atoms with E-state index in [1.165, 1.54) is 18.9 Å². The lowest BCUT2D eigenvalue weighted by Gasteiger charge is -2.31. The Balaban J connectivity index is 1.45. The molecule has 1 aromatic carbocycles. The average Bonchev–Trinajstić information content (AvgIpc) is 3.41. The molecular weight excluding hydrogens is 409 g/mol. The van der Waals surface area contributed by atoms with E-state index in [0.29, 0.717) is 38.0 Å². The molecule has 9 heteroatoms. The van der Waals surface area contributed by atoms with Crippen LogP contribution in [0.3, 0.4) is 0 Å². The molecular formula is C22H31F3N4O2. The molecule has 1 unspecified atom stereocenters. The highest BCUT2D eigenvalue weighted by Gasteiger charge is 2.33. The predicted octanol–water partition coefficient (Wildman–Crippen LogP) is 3.04. The molecule has 1 atom stereocenters. The van der Waals surface area contributed by atoms with Gasteiger partial charge in [0.25, 0.3) is 0 Å². The van der Waals surface area contributed by atoms with Crippen molar-refractivity contribution in [2.75, 3.05) is 69.2 Å². The number of nitrogens with zero attached hydrogens (tertiary/aromatic N) is 3. The van der Waals surface area contributed by atoms with Gasteiger partial charge in [-0.25, -0.2) is 0 Å². The highest BCUT2D eigenvalue weighted by molar-refractivity contribution is 5.96. The van der Waals surface area contributed by atoms with Crippen molar-refractivity contribution in [1.82, 2.24) is 9.80 Å². The smallest absolute Gasteiger partial charge is 0.378 e. The summed E-state index contributed by atoms with van der Waals surface area (Å²) in [6.45, 7) is 6.45. The molecule has 1 N–H and O–H groups in total. The maximum absolute atomic E-state index is 13.3. The van der Waals surface area contributed by atoms with Crippen molar-refractivity contribution < 1.29 is 22.7 Å². The summed E-state index contributed by atoms with van der Waals surface area (Å²) in [5, 5.41) is 2.78. The molecule has 1 aromatic rings. The summed E-state index contributed by atoms with van der Waals surface area (Å²) in [4.78, 5) is 19.4. The Morgan fingerprint density at radius 3 is 2.52 bits per heavy atom. The number of carbonyl (C=O) groups excluding carboxylic acids is 1. The zero-order valence-electron chi connectivity index (χ0n) is 17.8. The first-order chi connectivity index (χ1) is 14.9. The fourth-order valence-electron chi connectivity index (χ4n) is 4.84. The van der Waals surface area contributed by atoms with Crippen molar-refractivity contribution in [3.05, 3.63) is 23.8 Å². The van der Waals surface area contributed by atoms with Crippen LogP contribution in [0.1, 0.15) is 31.2 Å². The molecule has 3 saturated heterocycles. The number of halogens is 3. The minimum Gasteiger partial charge on any atom is -0.378 e. The second-order valence-electron chi connectivity index (χ2n) is 8.65. The van der Waals surface area contributed by atoms with Gasteiger partial charge >= 0.3 is 6.18 Å². The number of hydrogen-bond acceptors (Lipinski definition) is 5. The molecule has 0 saturated carbocycles. The quantitative estimate of drug-likeness (QED) is 0.737. The normalized spacial score (nSPS) is 23.5. The van der Waals surface area contributed by atoms with Crippen LogP contribution in [-0.2, 0) is 15.7 Å². The van der Waals surface area contributed by atoms with E-state index in [1.54, 1.807) is 0 Å². The van der Waals surface area contributed by atoms with Crippen molar-refractivity contribution in [3.8, 4) is 0 Å². The average molecular weight is 441 g/mol. The topological polar surface area (TPSA) is 48.1 Å². The first-order valence-electron chi connectivity index (χ1n) is 11.2. The fourth-order valence-corrected chi connectivity index (χ4v) is 4.84. The van der Waals surface area contributed by atoms with Gasteiger partial charge in [0.2, 0.25) is 5.91 Å². The van der Waals surface area contributed by atoms with E-state index in [1.807, 2.05) is 4.90 Å². The summed E-state index contributed by atoms with van der Waals surface area (Å²) >= 11 is 0. The summed E-state index contributed by atoms with van der Waals surface area (Å²) in [5.41, 5.74) is 0.0737. The van der Waals surface area contributed by atoms with Crippen molar-refractivity contribution in [1.29, 1.82) is 0 Å². The van der Waals surface area contributed by atoms with Gasteiger partial charge < -0.3 is 19.9 Å². The third-order valence-electron chi connectivity index (χ3n) is 6.46. The van der Waals surface area contributed by atoms with Gasteiger partial charge in [-0.2, -0.15) is 13.2 Å². The minimum atomic E-state index is -4.46. The number of alkyl halides is 3. The van der Waals surface area contributed by atoms with E-state index in [-0.39, 0.29) is 18.1 Å². The molecule has 0 radical (unpaired) electrons.